The lowest BCUT2D eigenvalue weighted by Crippen LogP contribution is -2.22. The van der Waals surface area contributed by atoms with E-state index in [2.05, 4.69) is 13.0 Å². The predicted molar refractivity (Wildman–Crippen MR) is 116 cm³/mol. The van der Waals surface area contributed by atoms with Gasteiger partial charge in [0.2, 0.25) is 0 Å². The van der Waals surface area contributed by atoms with Gasteiger partial charge in [0.25, 0.3) is 5.56 Å². The van der Waals surface area contributed by atoms with Crippen molar-refractivity contribution < 1.29 is 4.42 Å². The van der Waals surface area contributed by atoms with Crippen LogP contribution in [0.4, 0.5) is 0 Å². The minimum absolute atomic E-state index is 0.0191. The maximum atomic E-state index is 13.0. The molecule has 1 saturated carbocycles. The second-order valence-corrected chi connectivity index (χ2v) is 8.32. The first-order valence-electron chi connectivity index (χ1n) is 9.84. The zero-order valence-electron chi connectivity index (χ0n) is 16.1. The Kier molecular flexibility index (Phi) is 4.51. The molecule has 1 fully saturated rings. The Morgan fingerprint density at radius 1 is 1.10 bits per heavy atom. The van der Waals surface area contributed by atoms with Crippen LogP contribution in [0.15, 0.2) is 67.7 Å². The molecule has 0 atom stereocenters. The molecule has 0 amide bonds. The number of benzene rings is 2. The third-order valence-corrected chi connectivity index (χ3v) is 6.35. The summed E-state index contributed by atoms with van der Waals surface area (Å²) >= 11 is 1.50. The third kappa shape index (κ3) is 3.38. The van der Waals surface area contributed by atoms with Crippen molar-refractivity contribution in [1.82, 2.24) is 9.55 Å². The molecule has 1 aliphatic rings. The lowest BCUT2D eigenvalue weighted by atomic mass is 10.1. The van der Waals surface area contributed by atoms with Crippen molar-refractivity contribution in [3.63, 3.8) is 0 Å². The van der Waals surface area contributed by atoms with E-state index in [-0.39, 0.29) is 17.2 Å². The summed E-state index contributed by atoms with van der Waals surface area (Å²) in [7, 11) is 0. The van der Waals surface area contributed by atoms with E-state index in [1.165, 1.54) is 11.8 Å². The van der Waals surface area contributed by atoms with E-state index in [9.17, 15) is 9.59 Å². The number of nitrogens with zero attached hydrogens (tertiary/aromatic N) is 2. The first kappa shape index (κ1) is 18.2. The number of aromatic nitrogens is 2. The number of hydrogen-bond donors (Lipinski definition) is 0. The van der Waals surface area contributed by atoms with E-state index >= 15 is 0 Å². The largest absolute Gasteiger partial charge is 0.423 e. The SMILES string of the molecule is CCc1ccc2c(CSc3nc4ccccc4c(=O)n3C3CC3)cc(=O)oc2c1. The normalized spacial score (nSPS) is 14.0. The van der Waals surface area contributed by atoms with Crippen molar-refractivity contribution in [3.05, 3.63) is 80.4 Å². The molecule has 0 bridgehead atoms. The van der Waals surface area contributed by atoms with Gasteiger partial charge in [0.15, 0.2) is 5.16 Å². The second-order valence-electron chi connectivity index (χ2n) is 7.38. The number of aryl methyl sites for hydroxylation is 1. The summed E-state index contributed by atoms with van der Waals surface area (Å²) in [5, 5.41) is 2.29. The van der Waals surface area contributed by atoms with Gasteiger partial charge in [-0.2, -0.15) is 0 Å². The van der Waals surface area contributed by atoms with Gasteiger partial charge in [0, 0.05) is 23.2 Å². The van der Waals surface area contributed by atoms with E-state index in [0.29, 0.717) is 27.4 Å². The first-order valence-corrected chi connectivity index (χ1v) is 10.8. The molecule has 146 valence electrons. The van der Waals surface area contributed by atoms with Crippen molar-refractivity contribution in [3.8, 4) is 0 Å². The summed E-state index contributed by atoms with van der Waals surface area (Å²) in [4.78, 5) is 29.9. The Labute approximate surface area is 171 Å². The van der Waals surface area contributed by atoms with Gasteiger partial charge < -0.3 is 4.42 Å². The molecule has 2 heterocycles. The van der Waals surface area contributed by atoms with Gasteiger partial charge in [-0.15, -0.1) is 0 Å². The molecule has 2 aromatic heterocycles. The monoisotopic (exact) mass is 404 g/mol. The Hall–Kier alpha value is -2.86. The fourth-order valence-electron chi connectivity index (χ4n) is 3.64. The fourth-order valence-corrected chi connectivity index (χ4v) is 4.70. The molecule has 0 spiro atoms. The van der Waals surface area contributed by atoms with Crippen molar-refractivity contribution in [2.75, 3.05) is 0 Å². The van der Waals surface area contributed by atoms with Crippen molar-refractivity contribution in [2.24, 2.45) is 0 Å². The summed E-state index contributed by atoms with van der Waals surface area (Å²) in [5.74, 6) is 0.547. The average molecular weight is 404 g/mol. The molecule has 5 nitrogen and oxygen atoms in total. The summed E-state index contributed by atoms with van der Waals surface area (Å²) in [6.45, 7) is 2.07. The van der Waals surface area contributed by atoms with Crippen LogP contribution in [0.5, 0.6) is 0 Å². The van der Waals surface area contributed by atoms with Crippen molar-refractivity contribution >= 4 is 33.6 Å². The molecule has 1 aliphatic carbocycles. The maximum absolute atomic E-state index is 13.0. The van der Waals surface area contributed by atoms with Crippen LogP contribution in [0.25, 0.3) is 21.9 Å². The van der Waals surface area contributed by atoms with Crippen LogP contribution in [0.3, 0.4) is 0 Å². The van der Waals surface area contributed by atoms with Crippen LogP contribution in [0.1, 0.15) is 36.9 Å². The molecule has 4 aromatic rings. The minimum atomic E-state index is -0.354. The molecular formula is C23H20N2O3S. The molecule has 2 aromatic carbocycles. The lowest BCUT2D eigenvalue weighted by molar-refractivity contribution is 0.559. The number of para-hydroxylation sites is 1. The summed E-state index contributed by atoms with van der Waals surface area (Å²) in [5.41, 5.74) is 3.01. The highest BCUT2D eigenvalue weighted by Crippen LogP contribution is 2.37. The Balaban J connectivity index is 1.57. The highest BCUT2D eigenvalue weighted by Gasteiger charge is 2.28. The van der Waals surface area contributed by atoms with E-state index in [1.54, 1.807) is 6.07 Å². The Morgan fingerprint density at radius 3 is 2.72 bits per heavy atom. The molecule has 0 saturated heterocycles. The molecule has 0 radical (unpaired) electrons. The third-order valence-electron chi connectivity index (χ3n) is 5.35. The van der Waals surface area contributed by atoms with Crippen LogP contribution >= 0.6 is 11.8 Å². The van der Waals surface area contributed by atoms with Crippen LogP contribution in [-0.2, 0) is 12.2 Å². The van der Waals surface area contributed by atoms with E-state index in [4.69, 9.17) is 9.40 Å². The smallest absolute Gasteiger partial charge is 0.336 e. The molecule has 0 aliphatic heterocycles. The topological polar surface area (TPSA) is 65.1 Å². The second kappa shape index (κ2) is 7.19. The average Bonchev–Trinajstić information content (AvgIpc) is 3.56. The number of hydrogen-bond acceptors (Lipinski definition) is 5. The minimum Gasteiger partial charge on any atom is -0.423 e. The van der Waals surface area contributed by atoms with Gasteiger partial charge in [-0.25, -0.2) is 9.78 Å². The quantitative estimate of drug-likeness (QED) is 0.274. The van der Waals surface area contributed by atoms with Gasteiger partial charge in [0.05, 0.1) is 10.9 Å². The molecule has 0 unspecified atom stereocenters. The Morgan fingerprint density at radius 2 is 1.93 bits per heavy atom. The van der Waals surface area contributed by atoms with Gasteiger partial charge in [-0.05, 0) is 48.6 Å². The predicted octanol–water partition coefficient (Wildman–Crippen LogP) is 4.69. The molecule has 5 rings (SSSR count). The maximum Gasteiger partial charge on any atom is 0.336 e. The summed E-state index contributed by atoms with van der Waals surface area (Å²) < 4.78 is 7.24. The number of rotatable bonds is 5. The first-order chi connectivity index (χ1) is 14.1. The lowest BCUT2D eigenvalue weighted by Gasteiger charge is -2.13. The number of thioether (sulfide) groups is 1. The molecule has 0 N–H and O–H groups in total. The zero-order chi connectivity index (χ0) is 20.0. The highest BCUT2D eigenvalue weighted by molar-refractivity contribution is 7.98. The molecule has 6 heteroatoms. The van der Waals surface area contributed by atoms with Gasteiger partial charge in [-0.3, -0.25) is 9.36 Å². The zero-order valence-corrected chi connectivity index (χ0v) is 16.9. The standard InChI is InChI=1S/C23H20N2O3S/c1-2-14-7-10-17-15(12-21(26)28-20(17)11-14)13-29-23-24-19-6-4-3-5-18(19)22(27)25(23)16-8-9-16/h3-7,10-12,16H,2,8-9,13H2,1H3. The summed E-state index contributed by atoms with van der Waals surface area (Å²) in [6, 6.07) is 15.2. The van der Waals surface area contributed by atoms with E-state index in [1.807, 2.05) is 41.0 Å². The summed E-state index contributed by atoms with van der Waals surface area (Å²) in [6.07, 6.45) is 2.89. The Bertz CT molecular complexity index is 1350. The van der Waals surface area contributed by atoms with Crippen molar-refractivity contribution in [1.29, 1.82) is 0 Å². The van der Waals surface area contributed by atoms with Crippen LogP contribution in [0, 0.1) is 0 Å². The van der Waals surface area contributed by atoms with E-state index < -0.39 is 0 Å². The van der Waals surface area contributed by atoms with Gasteiger partial charge >= 0.3 is 5.63 Å². The van der Waals surface area contributed by atoms with Crippen LogP contribution in [0.2, 0.25) is 0 Å². The van der Waals surface area contributed by atoms with Gasteiger partial charge in [-0.1, -0.05) is 43.0 Å². The molecule has 29 heavy (non-hydrogen) atoms. The van der Waals surface area contributed by atoms with E-state index in [0.717, 1.165) is 35.8 Å². The fraction of sp³-hybridized carbons (Fsp3) is 0.261. The van der Waals surface area contributed by atoms with Gasteiger partial charge in [0.1, 0.15) is 5.58 Å². The highest BCUT2D eigenvalue weighted by atomic mass is 32.2. The molecular weight excluding hydrogens is 384 g/mol. The van der Waals surface area contributed by atoms with Crippen LogP contribution in [-0.4, -0.2) is 9.55 Å². The van der Waals surface area contributed by atoms with Crippen molar-refractivity contribution in [2.45, 2.75) is 43.1 Å². The van der Waals surface area contributed by atoms with Crippen LogP contribution < -0.4 is 11.2 Å². The number of fused-ring (bicyclic) bond motifs is 2.